The van der Waals surface area contributed by atoms with Gasteiger partial charge in [0.25, 0.3) is 5.89 Å². The molecule has 0 atom stereocenters. The van der Waals surface area contributed by atoms with Gasteiger partial charge in [0.05, 0.1) is 28.9 Å². The molecule has 0 aliphatic carbocycles. The molecule has 108 valence electrons. The fraction of sp³-hybridized carbons (Fsp3) is 0.417. The lowest BCUT2D eigenvalue weighted by molar-refractivity contribution is -0.142. The molecule has 2 aromatic heterocycles. The lowest BCUT2D eigenvalue weighted by Crippen LogP contribution is -2.30. The van der Waals surface area contributed by atoms with E-state index in [0.29, 0.717) is 24.9 Å². The second kappa shape index (κ2) is 6.96. The van der Waals surface area contributed by atoms with E-state index in [2.05, 4.69) is 30.9 Å². The third kappa shape index (κ3) is 3.87. The molecule has 6 nitrogen and oxygen atoms in total. The van der Waals surface area contributed by atoms with Gasteiger partial charge in [0.15, 0.2) is 0 Å². The van der Waals surface area contributed by atoms with Gasteiger partial charge in [-0.3, -0.25) is 9.69 Å². The number of methoxy groups -OCH3 is 1. The van der Waals surface area contributed by atoms with Gasteiger partial charge in [0.1, 0.15) is 0 Å². The van der Waals surface area contributed by atoms with Crippen LogP contribution in [0.5, 0.6) is 0 Å². The molecule has 20 heavy (non-hydrogen) atoms. The molecule has 0 unspecified atom stereocenters. The van der Waals surface area contributed by atoms with Crippen LogP contribution in [0, 0.1) is 0 Å². The van der Waals surface area contributed by atoms with Crippen LogP contribution < -0.4 is 0 Å². The fourth-order valence-corrected chi connectivity index (χ4v) is 2.87. The molecule has 0 N–H and O–H groups in total. The van der Waals surface area contributed by atoms with Crippen LogP contribution in [0.2, 0.25) is 0 Å². The van der Waals surface area contributed by atoms with Crippen molar-refractivity contribution >= 4 is 33.2 Å². The van der Waals surface area contributed by atoms with Crippen molar-refractivity contribution in [1.82, 2.24) is 15.1 Å². The van der Waals surface area contributed by atoms with E-state index in [4.69, 9.17) is 4.42 Å². The largest absolute Gasteiger partial charge is 0.468 e. The monoisotopic (exact) mass is 359 g/mol. The number of carbonyl (C=O) groups excluding carboxylic acids is 1. The number of esters is 1. The maximum absolute atomic E-state index is 11.3. The zero-order valence-corrected chi connectivity index (χ0v) is 13.5. The summed E-state index contributed by atoms with van der Waals surface area (Å²) in [5.74, 6) is 0.689. The van der Waals surface area contributed by atoms with Crippen molar-refractivity contribution in [1.29, 1.82) is 0 Å². The number of aromatic nitrogens is 2. The van der Waals surface area contributed by atoms with Crippen molar-refractivity contribution in [3.63, 3.8) is 0 Å². The minimum atomic E-state index is -0.284. The van der Waals surface area contributed by atoms with E-state index in [1.54, 1.807) is 0 Å². The molecule has 0 amide bonds. The highest BCUT2D eigenvalue weighted by molar-refractivity contribution is 9.11. The molecule has 0 saturated carbocycles. The zero-order chi connectivity index (χ0) is 14.5. The quantitative estimate of drug-likeness (QED) is 0.738. The second-order valence-electron chi connectivity index (χ2n) is 3.98. The summed E-state index contributed by atoms with van der Waals surface area (Å²) in [6.45, 7) is 3.27. The van der Waals surface area contributed by atoms with Crippen LogP contribution in [0.1, 0.15) is 12.8 Å². The first-order valence-electron chi connectivity index (χ1n) is 5.99. The molecule has 0 bridgehead atoms. The third-order valence-corrected chi connectivity index (χ3v) is 4.25. The smallest absolute Gasteiger partial charge is 0.319 e. The molecular formula is C12H14BrN3O3S. The average Bonchev–Trinajstić information content (AvgIpc) is 3.06. The minimum absolute atomic E-state index is 0.204. The second-order valence-corrected chi connectivity index (χ2v) is 6.45. The van der Waals surface area contributed by atoms with E-state index in [1.807, 2.05) is 24.0 Å². The SMILES string of the molecule is CCN(CC(=O)OC)Cc1nnc(-c2ccc(Br)s2)o1. The molecule has 2 rings (SSSR count). The van der Waals surface area contributed by atoms with Gasteiger partial charge < -0.3 is 9.15 Å². The van der Waals surface area contributed by atoms with Crippen molar-refractivity contribution in [2.45, 2.75) is 13.5 Å². The van der Waals surface area contributed by atoms with E-state index >= 15 is 0 Å². The summed E-state index contributed by atoms with van der Waals surface area (Å²) < 4.78 is 11.3. The van der Waals surface area contributed by atoms with Crippen LogP contribution in [0.4, 0.5) is 0 Å². The molecule has 8 heteroatoms. The van der Waals surface area contributed by atoms with Gasteiger partial charge in [0.2, 0.25) is 5.89 Å². The molecule has 2 heterocycles. The molecule has 0 aliphatic rings. The van der Waals surface area contributed by atoms with E-state index in [1.165, 1.54) is 18.4 Å². The van der Waals surface area contributed by atoms with Gasteiger partial charge in [-0.1, -0.05) is 6.92 Å². The Labute approximate surface area is 128 Å². The summed E-state index contributed by atoms with van der Waals surface area (Å²) in [6.07, 6.45) is 0. The van der Waals surface area contributed by atoms with Crippen LogP contribution in [0.15, 0.2) is 20.3 Å². The van der Waals surface area contributed by atoms with Crippen LogP contribution in [-0.4, -0.2) is 41.3 Å². The van der Waals surface area contributed by atoms with Gasteiger partial charge >= 0.3 is 5.97 Å². The Morgan fingerprint density at radius 1 is 1.50 bits per heavy atom. The number of halogens is 1. The summed E-state index contributed by atoms with van der Waals surface area (Å²) in [4.78, 5) is 14.0. The number of likely N-dealkylation sites (N-methyl/N-ethyl adjacent to an activating group) is 1. The van der Waals surface area contributed by atoms with Crippen LogP contribution in [0.25, 0.3) is 10.8 Å². The molecule has 0 aromatic carbocycles. The number of ether oxygens (including phenoxy) is 1. The molecule has 0 radical (unpaired) electrons. The molecule has 0 spiro atoms. The number of hydrogen-bond donors (Lipinski definition) is 0. The van der Waals surface area contributed by atoms with E-state index in [9.17, 15) is 4.79 Å². The minimum Gasteiger partial charge on any atom is -0.468 e. The molecule has 0 aliphatic heterocycles. The summed E-state index contributed by atoms with van der Waals surface area (Å²) in [6, 6.07) is 3.84. The first-order valence-corrected chi connectivity index (χ1v) is 7.60. The Balaban J connectivity index is 2.03. The van der Waals surface area contributed by atoms with Crippen LogP contribution in [-0.2, 0) is 16.1 Å². The highest BCUT2D eigenvalue weighted by Crippen LogP contribution is 2.30. The maximum atomic E-state index is 11.3. The predicted molar refractivity (Wildman–Crippen MR) is 78.3 cm³/mol. The van der Waals surface area contributed by atoms with Gasteiger partial charge in [-0.25, -0.2) is 0 Å². The summed E-state index contributed by atoms with van der Waals surface area (Å²) in [5, 5.41) is 8.02. The van der Waals surface area contributed by atoms with Crippen molar-refractivity contribution in [3.05, 3.63) is 21.8 Å². The highest BCUT2D eigenvalue weighted by Gasteiger charge is 2.15. The maximum Gasteiger partial charge on any atom is 0.319 e. The Hall–Kier alpha value is -1.25. The Bertz CT molecular complexity index is 584. The fourth-order valence-electron chi connectivity index (χ4n) is 1.56. The molecule has 0 saturated heterocycles. The average molecular weight is 360 g/mol. The third-order valence-electron chi connectivity index (χ3n) is 2.64. The summed E-state index contributed by atoms with van der Waals surface area (Å²) in [7, 11) is 1.37. The Morgan fingerprint density at radius 2 is 2.30 bits per heavy atom. The van der Waals surface area contributed by atoms with Crippen LogP contribution >= 0.6 is 27.3 Å². The predicted octanol–water partition coefficient (Wildman–Crippen LogP) is 2.56. The first kappa shape index (κ1) is 15.1. The van der Waals surface area contributed by atoms with Crippen molar-refractivity contribution in [2.24, 2.45) is 0 Å². The first-order chi connectivity index (χ1) is 9.62. The number of nitrogens with zero attached hydrogens (tertiary/aromatic N) is 3. The normalized spacial score (nSPS) is 11.0. The van der Waals surface area contributed by atoms with Crippen molar-refractivity contribution in [3.8, 4) is 10.8 Å². The number of hydrogen-bond acceptors (Lipinski definition) is 7. The lowest BCUT2D eigenvalue weighted by atomic mass is 10.4. The number of rotatable bonds is 6. The lowest BCUT2D eigenvalue weighted by Gasteiger charge is -2.15. The topological polar surface area (TPSA) is 68.5 Å². The zero-order valence-electron chi connectivity index (χ0n) is 11.1. The van der Waals surface area contributed by atoms with Crippen molar-refractivity contribution < 1.29 is 13.9 Å². The number of thiophene rings is 1. The van der Waals surface area contributed by atoms with E-state index in [-0.39, 0.29) is 12.5 Å². The van der Waals surface area contributed by atoms with Gasteiger partial charge in [-0.15, -0.1) is 21.5 Å². The standard InChI is InChI=1S/C12H14BrN3O3S/c1-3-16(7-11(17)18-2)6-10-14-15-12(19-10)8-4-5-9(13)20-8/h4-5H,3,6-7H2,1-2H3. The molecule has 0 fully saturated rings. The molecule has 2 aromatic rings. The Kier molecular flexibility index (Phi) is 5.27. The van der Waals surface area contributed by atoms with Gasteiger partial charge in [0, 0.05) is 0 Å². The Morgan fingerprint density at radius 3 is 2.90 bits per heavy atom. The van der Waals surface area contributed by atoms with E-state index in [0.717, 1.165) is 8.66 Å². The van der Waals surface area contributed by atoms with Crippen LogP contribution in [0.3, 0.4) is 0 Å². The van der Waals surface area contributed by atoms with Gasteiger partial charge in [-0.05, 0) is 34.6 Å². The summed E-state index contributed by atoms with van der Waals surface area (Å²) >= 11 is 4.92. The van der Waals surface area contributed by atoms with Gasteiger partial charge in [-0.2, -0.15) is 0 Å². The van der Waals surface area contributed by atoms with Crippen molar-refractivity contribution in [2.75, 3.05) is 20.2 Å². The number of carbonyl (C=O) groups is 1. The van der Waals surface area contributed by atoms with E-state index < -0.39 is 0 Å². The molecular weight excluding hydrogens is 346 g/mol. The highest BCUT2D eigenvalue weighted by atomic mass is 79.9. The summed E-state index contributed by atoms with van der Waals surface area (Å²) in [5.41, 5.74) is 0.